The molecule has 1 aliphatic heterocycles. The van der Waals surface area contributed by atoms with E-state index in [9.17, 15) is 0 Å². The minimum Gasteiger partial charge on any atom is -0.481 e. The fraction of sp³-hybridized carbons (Fsp3) is 0.769. The van der Waals surface area contributed by atoms with Gasteiger partial charge in [0, 0.05) is 26.2 Å². The van der Waals surface area contributed by atoms with Crippen LogP contribution in [0.3, 0.4) is 0 Å². The van der Waals surface area contributed by atoms with E-state index in [1.54, 1.807) is 7.11 Å². The molecule has 1 aliphatic rings. The first kappa shape index (κ1) is 13.4. The number of hydrogen-bond acceptors (Lipinski definition) is 4. The molecular weight excluding hydrogens is 228 g/mol. The van der Waals surface area contributed by atoms with Gasteiger partial charge in [-0.2, -0.15) is 5.10 Å². The molecular formula is C13H24N4O. The number of rotatable bonds is 4. The van der Waals surface area contributed by atoms with Gasteiger partial charge in [-0.3, -0.25) is 4.90 Å². The van der Waals surface area contributed by atoms with Gasteiger partial charge in [-0.25, -0.2) is 4.68 Å². The number of aromatic nitrogens is 2. The minimum absolute atomic E-state index is 0.503. The van der Waals surface area contributed by atoms with E-state index in [-0.39, 0.29) is 0 Å². The Bertz CT molecular complexity index is 402. The average molecular weight is 252 g/mol. The minimum atomic E-state index is 0.503. The van der Waals surface area contributed by atoms with E-state index in [1.807, 2.05) is 18.7 Å². The van der Waals surface area contributed by atoms with Crippen molar-refractivity contribution in [1.82, 2.24) is 14.7 Å². The third-order valence-corrected chi connectivity index (χ3v) is 3.86. The molecule has 1 aromatic rings. The predicted octanol–water partition coefficient (Wildman–Crippen LogP) is 1.05. The Morgan fingerprint density at radius 1 is 1.44 bits per heavy atom. The van der Waals surface area contributed by atoms with Gasteiger partial charge >= 0.3 is 0 Å². The third-order valence-electron chi connectivity index (χ3n) is 3.86. The molecule has 1 atom stereocenters. The molecule has 0 aliphatic carbocycles. The molecule has 0 bridgehead atoms. The van der Waals surface area contributed by atoms with Gasteiger partial charge in [0.15, 0.2) is 0 Å². The highest BCUT2D eigenvalue weighted by molar-refractivity contribution is 5.30. The summed E-state index contributed by atoms with van der Waals surface area (Å²) in [5.41, 5.74) is 8.11. The van der Waals surface area contributed by atoms with Gasteiger partial charge in [-0.15, -0.1) is 0 Å². The maximum Gasteiger partial charge on any atom is 0.216 e. The van der Waals surface area contributed by atoms with Crippen molar-refractivity contribution in [2.75, 3.05) is 20.2 Å². The third kappa shape index (κ3) is 2.52. The molecule has 1 saturated heterocycles. The number of methoxy groups -OCH3 is 1. The quantitative estimate of drug-likeness (QED) is 0.870. The van der Waals surface area contributed by atoms with Gasteiger partial charge in [-0.1, -0.05) is 6.42 Å². The molecule has 1 aromatic heterocycles. The summed E-state index contributed by atoms with van der Waals surface area (Å²) in [6.07, 6.45) is 3.76. The number of nitrogens with two attached hydrogens (primary N) is 1. The summed E-state index contributed by atoms with van der Waals surface area (Å²) in [6, 6.07) is 0.503. The van der Waals surface area contributed by atoms with Crippen molar-refractivity contribution in [1.29, 1.82) is 0 Å². The van der Waals surface area contributed by atoms with Crippen LogP contribution in [0.5, 0.6) is 5.88 Å². The summed E-state index contributed by atoms with van der Waals surface area (Å²) < 4.78 is 7.26. The Morgan fingerprint density at radius 3 is 2.89 bits per heavy atom. The Labute approximate surface area is 109 Å². The smallest absolute Gasteiger partial charge is 0.216 e. The molecule has 5 heteroatoms. The fourth-order valence-electron chi connectivity index (χ4n) is 2.86. The zero-order valence-corrected chi connectivity index (χ0v) is 11.6. The van der Waals surface area contributed by atoms with E-state index < -0.39 is 0 Å². The van der Waals surface area contributed by atoms with Crippen LogP contribution in [0, 0.1) is 6.92 Å². The zero-order valence-electron chi connectivity index (χ0n) is 11.6. The second-order valence-electron chi connectivity index (χ2n) is 5.05. The molecule has 2 heterocycles. The van der Waals surface area contributed by atoms with E-state index in [0.717, 1.165) is 31.2 Å². The summed E-state index contributed by atoms with van der Waals surface area (Å²) in [5.74, 6) is 0.869. The number of likely N-dealkylation sites (tertiary alicyclic amines) is 1. The van der Waals surface area contributed by atoms with Crippen LogP contribution in [-0.2, 0) is 13.6 Å². The first-order chi connectivity index (χ1) is 8.67. The Kier molecular flexibility index (Phi) is 4.24. The average Bonchev–Trinajstić information content (AvgIpc) is 2.64. The van der Waals surface area contributed by atoms with Crippen molar-refractivity contribution in [3.05, 3.63) is 11.3 Å². The second-order valence-corrected chi connectivity index (χ2v) is 5.05. The Morgan fingerprint density at radius 2 is 2.22 bits per heavy atom. The standard InChI is InChI=1S/C13H24N4O/c1-10-12(13(18-3)16(2)15-10)9-17-7-5-4-6-11(17)8-14/h11H,4-9,14H2,1-3H3. The Hall–Kier alpha value is -1.07. The monoisotopic (exact) mass is 252 g/mol. The van der Waals surface area contributed by atoms with E-state index in [2.05, 4.69) is 10.00 Å². The lowest BCUT2D eigenvalue weighted by molar-refractivity contribution is 0.143. The topological polar surface area (TPSA) is 56.3 Å². The van der Waals surface area contributed by atoms with Crippen LogP contribution < -0.4 is 10.5 Å². The number of hydrogen-bond donors (Lipinski definition) is 1. The largest absolute Gasteiger partial charge is 0.481 e. The Balaban J connectivity index is 2.17. The van der Waals surface area contributed by atoms with Crippen LogP contribution in [0.4, 0.5) is 0 Å². The van der Waals surface area contributed by atoms with E-state index in [4.69, 9.17) is 10.5 Å². The van der Waals surface area contributed by atoms with E-state index in [0.29, 0.717) is 6.04 Å². The highest BCUT2D eigenvalue weighted by atomic mass is 16.5. The van der Waals surface area contributed by atoms with Crippen LogP contribution in [-0.4, -0.2) is 40.9 Å². The number of nitrogens with zero attached hydrogens (tertiary/aromatic N) is 3. The highest BCUT2D eigenvalue weighted by Crippen LogP contribution is 2.26. The van der Waals surface area contributed by atoms with Crippen molar-refractivity contribution >= 4 is 0 Å². The zero-order chi connectivity index (χ0) is 13.1. The first-order valence-corrected chi connectivity index (χ1v) is 6.68. The second kappa shape index (κ2) is 5.71. The van der Waals surface area contributed by atoms with Crippen molar-refractivity contribution in [2.45, 2.75) is 38.8 Å². The molecule has 0 radical (unpaired) electrons. The molecule has 0 aromatic carbocycles. The lowest BCUT2D eigenvalue weighted by atomic mass is 10.0. The molecule has 102 valence electrons. The van der Waals surface area contributed by atoms with Crippen molar-refractivity contribution in [3.8, 4) is 5.88 Å². The molecule has 0 amide bonds. The molecule has 1 fully saturated rings. The molecule has 0 spiro atoms. The SMILES string of the molecule is COc1c(CN2CCCCC2CN)c(C)nn1C. The molecule has 5 nitrogen and oxygen atoms in total. The highest BCUT2D eigenvalue weighted by Gasteiger charge is 2.24. The summed E-state index contributed by atoms with van der Waals surface area (Å²) >= 11 is 0. The van der Waals surface area contributed by atoms with E-state index >= 15 is 0 Å². The van der Waals surface area contributed by atoms with Gasteiger partial charge in [0.1, 0.15) is 0 Å². The normalized spacial score (nSPS) is 21.2. The lowest BCUT2D eigenvalue weighted by Crippen LogP contribution is -2.43. The summed E-state index contributed by atoms with van der Waals surface area (Å²) in [7, 11) is 3.63. The van der Waals surface area contributed by atoms with E-state index in [1.165, 1.54) is 24.8 Å². The fourth-order valence-corrected chi connectivity index (χ4v) is 2.86. The van der Waals surface area contributed by atoms with Gasteiger partial charge in [-0.05, 0) is 26.3 Å². The van der Waals surface area contributed by atoms with Crippen molar-refractivity contribution in [2.24, 2.45) is 12.8 Å². The molecule has 2 N–H and O–H groups in total. The van der Waals surface area contributed by atoms with Crippen LogP contribution in [0.1, 0.15) is 30.5 Å². The van der Waals surface area contributed by atoms with Crippen molar-refractivity contribution < 1.29 is 4.74 Å². The molecule has 1 unspecified atom stereocenters. The summed E-state index contributed by atoms with van der Waals surface area (Å²) in [6.45, 7) is 4.80. The van der Waals surface area contributed by atoms with Gasteiger partial charge < -0.3 is 10.5 Å². The van der Waals surface area contributed by atoms with Crippen molar-refractivity contribution in [3.63, 3.8) is 0 Å². The number of ether oxygens (including phenoxy) is 1. The summed E-state index contributed by atoms with van der Waals surface area (Å²) in [4.78, 5) is 2.47. The molecule has 2 rings (SSSR count). The van der Waals surface area contributed by atoms with Crippen LogP contribution in [0.15, 0.2) is 0 Å². The lowest BCUT2D eigenvalue weighted by Gasteiger charge is -2.34. The van der Waals surface area contributed by atoms with Crippen LogP contribution >= 0.6 is 0 Å². The van der Waals surface area contributed by atoms with Gasteiger partial charge in [0.05, 0.1) is 18.4 Å². The molecule has 18 heavy (non-hydrogen) atoms. The number of aryl methyl sites for hydroxylation is 2. The molecule has 0 saturated carbocycles. The predicted molar refractivity (Wildman–Crippen MR) is 71.6 cm³/mol. The summed E-state index contributed by atoms with van der Waals surface area (Å²) in [5, 5.41) is 4.43. The maximum atomic E-state index is 5.87. The first-order valence-electron chi connectivity index (χ1n) is 6.68. The van der Waals surface area contributed by atoms with Crippen LogP contribution in [0.2, 0.25) is 0 Å². The van der Waals surface area contributed by atoms with Gasteiger partial charge in [0.25, 0.3) is 0 Å². The maximum absolute atomic E-state index is 5.87. The van der Waals surface area contributed by atoms with Crippen LogP contribution in [0.25, 0.3) is 0 Å². The number of piperidine rings is 1. The van der Waals surface area contributed by atoms with Gasteiger partial charge in [0.2, 0.25) is 5.88 Å².